The fourth-order valence-corrected chi connectivity index (χ4v) is 2.05. The third-order valence-electron chi connectivity index (χ3n) is 3.40. The van der Waals surface area contributed by atoms with Crippen molar-refractivity contribution in [1.29, 1.82) is 0 Å². The zero-order valence-electron chi connectivity index (χ0n) is 13.9. The van der Waals surface area contributed by atoms with Gasteiger partial charge in [-0.25, -0.2) is 4.39 Å². The molecule has 2 aromatic carbocycles. The zero-order valence-corrected chi connectivity index (χ0v) is 13.9. The Morgan fingerprint density at radius 1 is 0.897 bits per heavy atom. The monoisotopic (exact) mass is 431 g/mol. The highest BCUT2D eigenvalue weighted by molar-refractivity contribution is 6.04. The van der Waals surface area contributed by atoms with Gasteiger partial charge in [0, 0.05) is 11.3 Å². The number of benzene rings is 2. The van der Waals surface area contributed by atoms with Gasteiger partial charge in [-0.1, -0.05) is 6.07 Å². The lowest BCUT2D eigenvalue weighted by molar-refractivity contribution is -0.304. The standard InChI is InChI=1S/C17H10F9NO2/c18-14(16(22,23)24)17(25,26)29-12-6-4-9(5-7-12)13(28)27-11-3-1-2-10(8-11)15(19,20)21/h1-8,14H,(H,27,28). The number of nitrogens with one attached hydrogen (secondary N) is 1. The van der Waals surface area contributed by atoms with Gasteiger partial charge in [0.05, 0.1) is 5.56 Å². The molecule has 0 bridgehead atoms. The molecule has 0 radical (unpaired) electrons. The van der Waals surface area contributed by atoms with Crippen LogP contribution in [0.15, 0.2) is 48.5 Å². The Kier molecular flexibility index (Phi) is 6.04. The van der Waals surface area contributed by atoms with E-state index >= 15 is 0 Å². The first kappa shape index (κ1) is 22.4. The first-order valence-corrected chi connectivity index (χ1v) is 7.56. The van der Waals surface area contributed by atoms with Crippen molar-refractivity contribution in [3.05, 3.63) is 59.7 Å². The van der Waals surface area contributed by atoms with Crippen LogP contribution in [0.2, 0.25) is 0 Å². The van der Waals surface area contributed by atoms with Crippen molar-refractivity contribution in [1.82, 2.24) is 0 Å². The van der Waals surface area contributed by atoms with Gasteiger partial charge in [0.15, 0.2) is 0 Å². The van der Waals surface area contributed by atoms with E-state index in [1.54, 1.807) is 0 Å². The Labute approximate surface area is 157 Å². The number of anilines is 1. The third kappa shape index (κ3) is 5.78. The van der Waals surface area contributed by atoms with Gasteiger partial charge in [-0.3, -0.25) is 4.79 Å². The zero-order chi connectivity index (χ0) is 22.0. The molecule has 0 aliphatic rings. The van der Waals surface area contributed by atoms with E-state index in [2.05, 4.69) is 10.1 Å². The second-order valence-electron chi connectivity index (χ2n) is 5.63. The SMILES string of the molecule is O=C(Nc1cccc(C(F)(F)F)c1)c1ccc(OC(F)(F)C(F)C(F)(F)F)cc1. The summed E-state index contributed by atoms with van der Waals surface area (Å²) in [7, 11) is 0. The van der Waals surface area contributed by atoms with Crippen LogP contribution in [0.3, 0.4) is 0 Å². The lowest BCUT2D eigenvalue weighted by Crippen LogP contribution is -2.45. The van der Waals surface area contributed by atoms with Gasteiger partial charge in [0.2, 0.25) is 0 Å². The molecule has 0 saturated carbocycles. The summed E-state index contributed by atoms with van der Waals surface area (Å²) in [6, 6.07) is 6.73. The molecule has 3 nitrogen and oxygen atoms in total. The molecule has 1 atom stereocenters. The quantitative estimate of drug-likeness (QED) is 0.605. The highest BCUT2D eigenvalue weighted by Gasteiger charge is 2.59. The number of carbonyl (C=O) groups excluding carboxylic acids is 1. The summed E-state index contributed by atoms with van der Waals surface area (Å²) >= 11 is 0. The minimum absolute atomic E-state index is 0.206. The van der Waals surface area contributed by atoms with Crippen molar-refractivity contribution in [2.24, 2.45) is 0 Å². The molecule has 0 fully saturated rings. The van der Waals surface area contributed by atoms with Crippen LogP contribution in [0.25, 0.3) is 0 Å². The van der Waals surface area contributed by atoms with Gasteiger partial charge in [-0.15, -0.1) is 0 Å². The Balaban J connectivity index is 2.09. The summed E-state index contributed by atoms with van der Waals surface area (Å²) < 4.78 is 117. The molecule has 0 saturated heterocycles. The molecule has 0 aliphatic carbocycles. The first-order chi connectivity index (χ1) is 13.2. The summed E-state index contributed by atoms with van der Waals surface area (Å²) in [5.74, 6) is -1.79. The summed E-state index contributed by atoms with van der Waals surface area (Å²) in [5.41, 5.74) is -1.46. The molecule has 1 N–H and O–H groups in total. The van der Waals surface area contributed by atoms with E-state index in [-0.39, 0.29) is 11.3 Å². The maximum Gasteiger partial charge on any atom is 0.439 e. The average molecular weight is 431 g/mol. The molecule has 0 aliphatic heterocycles. The maximum absolute atomic E-state index is 13.2. The van der Waals surface area contributed by atoms with Crippen LogP contribution < -0.4 is 10.1 Å². The first-order valence-electron chi connectivity index (χ1n) is 7.56. The molecule has 1 unspecified atom stereocenters. The van der Waals surface area contributed by atoms with Crippen molar-refractivity contribution >= 4 is 11.6 Å². The summed E-state index contributed by atoms with van der Waals surface area (Å²) in [5, 5.41) is 2.14. The van der Waals surface area contributed by atoms with Crippen molar-refractivity contribution in [2.45, 2.75) is 24.6 Å². The Hall–Kier alpha value is -2.92. The van der Waals surface area contributed by atoms with Crippen LogP contribution in [0, 0.1) is 0 Å². The van der Waals surface area contributed by atoms with Gasteiger partial charge in [0.25, 0.3) is 12.1 Å². The molecule has 12 heteroatoms. The molecule has 0 aromatic heterocycles. The Morgan fingerprint density at radius 2 is 1.48 bits per heavy atom. The average Bonchev–Trinajstić information content (AvgIpc) is 2.60. The van der Waals surface area contributed by atoms with Crippen LogP contribution in [0.4, 0.5) is 45.2 Å². The van der Waals surface area contributed by atoms with E-state index in [4.69, 9.17) is 0 Å². The highest BCUT2D eigenvalue weighted by Crippen LogP contribution is 2.36. The Bertz CT molecular complexity index is 860. The molecule has 0 heterocycles. The number of amides is 1. The predicted octanol–water partition coefficient (Wildman–Crippen LogP) is 5.83. The van der Waals surface area contributed by atoms with Gasteiger partial charge < -0.3 is 10.1 Å². The molecule has 158 valence electrons. The number of hydrogen-bond donors (Lipinski definition) is 1. The molecule has 2 rings (SSSR count). The third-order valence-corrected chi connectivity index (χ3v) is 3.40. The van der Waals surface area contributed by atoms with Crippen molar-refractivity contribution < 1.29 is 49.0 Å². The predicted molar refractivity (Wildman–Crippen MR) is 82.4 cm³/mol. The fraction of sp³-hybridized carbons (Fsp3) is 0.235. The van der Waals surface area contributed by atoms with Gasteiger partial charge in [-0.05, 0) is 42.5 Å². The van der Waals surface area contributed by atoms with Crippen molar-refractivity contribution in [3.63, 3.8) is 0 Å². The smallest absolute Gasteiger partial charge is 0.430 e. The van der Waals surface area contributed by atoms with Crippen LogP contribution in [-0.4, -0.2) is 24.4 Å². The van der Waals surface area contributed by atoms with Crippen molar-refractivity contribution in [2.75, 3.05) is 5.32 Å². The minimum atomic E-state index is -5.85. The van der Waals surface area contributed by atoms with E-state index < -0.39 is 41.9 Å². The normalized spacial score (nSPS) is 13.7. The van der Waals surface area contributed by atoms with E-state index in [0.29, 0.717) is 18.2 Å². The number of hydrogen-bond acceptors (Lipinski definition) is 2. The van der Waals surface area contributed by atoms with Gasteiger partial charge in [0.1, 0.15) is 5.75 Å². The second kappa shape index (κ2) is 7.84. The Morgan fingerprint density at radius 3 is 2.00 bits per heavy atom. The van der Waals surface area contributed by atoms with Crippen LogP contribution >= 0.6 is 0 Å². The molecule has 2 aromatic rings. The van der Waals surface area contributed by atoms with Crippen LogP contribution in [-0.2, 0) is 6.18 Å². The van der Waals surface area contributed by atoms with E-state index in [9.17, 15) is 44.3 Å². The lowest BCUT2D eigenvalue weighted by atomic mass is 10.1. The number of ether oxygens (including phenoxy) is 1. The summed E-state index contributed by atoms with van der Waals surface area (Å²) in [4.78, 5) is 12.0. The fourth-order valence-electron chi connectivity index (χ4n) is 2.05. The molecular formula is C17H10F9NO2. The topological polar surface area (TPSA) is 38.3 Å². The van der Waals surface area contributed by atoms with E-state index in [1.807, 2.05) is 0 Å². The molecular weight excluding hydrogens is 421 g/mol. The number of halogens is 9. The minimum Gasteiger partial charge on any atom is -0.430 e. The van der Waals surface area contributed by atoms with Crippen LogP contribution in [0.1, 0.15) is 15.9 Å². The lowest BCUT2D eigenvalue weighted by Gasteiger charge is -2.23. The highest BCUT2D eigenvalue weighted by atomic mass is 19.4. The van der Waals surface area contributed by atoms with E-state index in [1.165, 1.54) is 6.07 Å². The molecule has 29 heavy (non-hydrogen) atoms. The number of alkyl halides is 9. The largest absolute Gasteiger partial charge is 0.439 e. The van der Waals surface area contributed by atoms with Crippen LogP contribution in [0.5, 0.6) is 5.75 Å². The van der Waals surface area contributed by atoms with Crippen molar-refractivity contribution in [3.8, 4) is 5.75 Å². The molecule has 0 spiro atoms. The molecule has 1 amide bonds. The van der Waals surface area contributed by atoms with E-state index in [0.717, 1.165) is 24.3 Å². The van der Waals surface area contributed by atoms with Gasteiger partial charge >= 0.3 is 18.5 Å². The summed E-state index contributed by atoms with van der Waals surface area (Å²) in [6.45, 7) is 0. The second-order valence-corrected chi connectivity index (χ2v) is 5.63. The number of carbonyl (C=O) groups is 1. The maximum atomic E-state index is 13.2. The number of rotatable bonds is 5. The summed E-state index contributed by atoms with van der Waals surface area (Å²) in [6.07, 6.45) is -20.3. The van der Waals surface area contributed by atoms with Gasteiger partial charge in [-0.2, -0.15) is 35.1 Å².